The number of nitro groups is 2. The summed E-state index contributed by atoms with van der Waals surface area (Å²) in [5, 5.41) is 24.6. The van der Waals surface area contributed by atoms with Gasteiger partial charge in [-0.3, -0.25) is 20.2 Å². The van der Waals surface area contributed by atoms with Crippen LogP contribution in [0.3, 0.4) is 0 Å². The van der Waals surface area contributed by atoms with Crippen LogP contribution in [0.15, 0.2) is 72.8 Å². The highest BCUT2D eigenvalue weighted by Gasteiger charge is 2.30. The maximum atomic E-state index is 12.2. The first kappa shape index (κ1) is 25.7. The van der Waals surface area contributed by atoms with E-state index in [1.807, 2.05) is 0 Å². The zero-order valence-electron chi connectivity index (χ0n) is 19.4. The quantitative estimate of drug-likeness (QED) is 0.164. The molecule has 188 valence electrons. The molecule has 4 rings (SSSR count). The van der Waals surface area contributed by atoms with Crippen LogP contribution in [0.2, 0.25) is 10.0 Å². The molecule has 0 heterocycles. The largest absolute Gasteiger partial charge is 0.497 e. The van der Waals surface area contributed by atoms with Crippen LogP contribution in [-0.2, 0) is 0 Å². The first-order valence-corrected chi connectivity index (χ1v) is 11.4. The lowest BCUT2D eigenvalue weighted by molar-refractivity contribution is -0.386. The second-order valence-electron chi connectivity index (χ2n) is 7.61. The fraction of sp³-hybridized carbons (Fsp3) is 0.0769. The Labute approximate surface area is 221 Å². The summed E-state index contributed by atoms with van der Waals surface area (Å²) in [4.78, 5) is 23.1. The minimum absolute atomic E-state index is 0.0961. The molecule has 0 unspecified atom stereocenters. The molecular formula is C26H18Cl2N2O7. The Bertz CT molecular complexity index is 1380. The van der Waals surface area contributed by atoms with E-state index in [0.717, 1.165) is 0 Å². The van der Waals surface area contributed by atoms with Gasteiger partial charge in [-0.25, -0.2) is 0 Å². The molecule has 0 aliphatic rings. The van der Waals surface area contributed by atoms with E-state index in [0.29, 0.717) is 22.6 Å². The standard InChI is InChI=1S/C26H18Cl2N2O7/c1-35-17-7-3-15(4-8-17)23-19(27)11-13-21(25(23)29(31)32)37-22-14-12-20(28)24(26(22)30(33)34)16-5-9-18(36-2)10-6-16/h3-14H,1-2H3. The van der Waals surface area contributed by atoms with Crippen LogP contribution in [0.4, 0.5) is 11.4 Å². The first-order chi connectivity index (χ1) is 17.7. The Morgan fingerprint density at radius 3 is 1.24 bits per heavy atom. The summed E-state index contributed by atoms with van der Waals surface area (Å²) in [6, 6.07) is 18.4. The summed E-state index contributed by atoms with van der Waals surface area (Å²) in [6.45, 7) is 0. The van der Waals surface area contributed by atoms with Gasteiger partial charge < -0.3 is 14.2 Å². The van der Waals surface area contributed by atoms with Gasteiger partial charge in [0, 0.05) is 0 Å². The van der Waals surface area contributed by atoms with E-state index in [2.05, 4.69) is 0 Å². The normalized spacial score (nSPS) is 10.6. The van der Waals surface area contributed by atoms with Crippen LogP contribution >= 0.6 is 23.2 Å². The van der Waals surface area contributed by atoms with Crippen LogP contribution in [0.25, 0.3) is 22.3 Å². The number of ether oxygens (including phenoxy) is 3. The second kappa shape index (κ2) is 10.7. The van der Waals surface area contributed by atoms with Crippen molar-refractivity contribution in [2.45, 2.75) is 0 Å². The van der Waals surface area contributed by atoms with Gasteiger partial charge in [-0.2, -0.15) is 0 Å². The van der Waals surface area contributed by atoms with Crippen molar-refractivity contribution in [3.05, 3.63) is 103 Å². The van der Waals surface area contributed by atoms with E-state index in [1.54, 1.807) is 48.5 Å². The Balaban J connectivity index is 1.88. The molecule has 37 heavy (non-hydrogen) atoms. The zero-order valence-corrected chi connectivity index (χ0v) is 20.9. The van der Waals surface area contributed by atoms with Crippen LogP contribution in [-0.4, -0.2) is 24.1 Å². The Morgan fingerprint density at radius 2 is 0.946 bits per heavy atom. The van der Waals surface area contributed by atoms with Crippen LogP contribution in [0.1, 0.15) is 0 Å². The molecule has 0 saturated heterocycles. The number of rotatable bonds is 8. The second-order valence-corrected chi connectivity index (χ2v) is 8.43. The lowest BCUT2D eigenvalue weighted by Crippen LogP contribution is -2.01. The molecule has 0 fully saturated rings. The molecule has 11 heteroatoms. The predicted octanol–water partition coefficient (Wildman–Crippen LogP) is 7.95. The summed E-state index contributed by atoms with van der Waals surface area (Å²) in [7, 11) is 3.00. The average molecular weight is 541 g/mol. The molecule has 4 aromatic carbocycles. The van der Waals surface area contributed by atoms with E-state index in [9.17, 15) is 20.2 Å². The molecule has 0 bridgehead atoms. The van der Waals surface area contributed by atoms with Gasteiger partial charge in [0.25, 0.3) is 0 Å². The van der Waals surface area contributed by atoms with Crippen molar-refractivity contribution in [1.29, 1.82) is 0 Å². The number of methoxy groups -OCH3 is 2. The molecule has 4 aromatic rings. The zero-order chi connectivity index (χ0) is 26.7. The molecule has 0 aromatic heterocycles. The van der Waals surface area contributed by atoms with E-state index in [1.165, 1.54) is 38.5 Å². The van der Waals surface area contributed by atoms with Crippen molar-refractivity contribution in [2.24, 2.45) is 0 Å². The van der Waals surface area contributed by atoms with Crippen molar-refractivity contribution in [1.82, 2.24) is 0 Å². The van der Waals surface area contributed by atoms with Gasteiger partial charge in [0.2, 0.25) is 11.5 Å². The number of nitrogens with zero attached hydrogens (tertiary/aromatic N) is 2. The Morgan fingerprint density at radius 1 is 0.595 bits per heavy atom. The Kier molecular flexibility index (Phi) is 7.47. The van der Waals surface area contributed by atoms with Crippen molar-refractivity contribution < 1.29 is 24.1 Å². The summed E-state index contributed by atoms with van der Waals surface area (Å²) >= 11 is 12.7. The summed E-state index contributed by atoms with van der Waals surface area (Å²) in [6.07, 6.45) is 0. The molecule has 0 radical (unpaired) electrons. The van der Waals surface area contributed by atoms with Gasteiger partial charge in [-0.1, -0.05) is 47.5 Å². The van der Waals surface area contributed by atoms with Crippen LogP contribution in [0.5, 0.6) is 23.0 Å². The van der Waals surface area contributed by atoms with E-state index >= 15 is 0 Å². The number of halogens is 2. The van der Waals surface area contributed by atoms with Gasteiger partial charge >= 0.3 is 11.4 Å². The first-order valence-electron chi connectivity index (χ1n) is 10.7. The third kappa shape index (κ3) is 5.13. The van der Waals surface area contributed by atoms with Gasteiger partial charge in [-0.15, -0.1) is 0 Å². The topological polar surface area (TPSA) is 114 Å². The van der Waals surface area contributed by atoms with Gasteiger partial charge in [0.05, 0.1) is 45.2 Å². The van der Waals surface area contributed by atoms with Crippen LogP contribution < -0.4 is 14.2 Å². The van der Waals surface area contributed by atoms with Crippen molar-refractivity contribution in [3.8, 4) is 45.3 Å². The SMILES string of the molecule is COc1ccc(-c2c(Cl)ccc(Oc3ccc(Cl)c(-c4ccc(OC)cc4)c3[N+](=O)[O-])c2[N+](=O)[O-])cc1. The third-order valence-corrected chi connectivity index (χ3v) is 6.15. The molecule has 0 spiro atoms. The number of benzene rings is 4. The molecule has 0 aliphatic carbocycles. The smallest absolute Gasteiger partial charge is 0.320 e. The number of nitro benzene ring substituents is 2. The maximum Gasteiger partial charge on any atom is 0.320 e. The molecule has 0 aliphatic heterocycles. The van der Waals surface area contributed by atoms with E-state index in [-0.39, 0.29) is 32.7 Å². The van der Waals surface area contributed by atoms with Crippen LogP contribution in [0, 0.1) is 20.2 Å². The molecule has 0 atom stereocenters. The fourth-order valence-electron chi connectivity index (χ4n) is 3.81. The molecule has 0 amide bonds. The van der Waals surface area contributed by atoms with Gasteiger partial charge in [0.1, 0.15) is 11.5 Å². The monoisotopic (exact) mass is 540 g/mol. The van der Waals surface area contributed by atoms with Crippen molar-refractivity contribution in [3.63, 3.8) is 0 Å². The van der Waals surface area contributed by atoms with Crippen molar-refractivity contribution in [2.75, 3.05) is 14.2 Å². The van der Waals surface area contributed by atoms with E-state index < -0.39 is 21.2 Å². The van der Waals surface area contributed by atoms with Gasteiger partial charge in [-0.05, 0) is 59.7 Å². The third-order valence-electron chi connectivity index (χ3n) is 5.52. The summed E-state index contributed by atoms with van der Waals surface area (Å²) in [5.41, 5.74) is 0.165. The summed E-state index contributed by atoms with van der Waals surface area (Å²) in [5.74, 6) is 0.646. The maximum absolute atomic E-state index is 12.2. The highest BCUT2D eigenvalue weighted by Crippen LogP contribution is 2.48. The highest BCUT2D eigenvalue weighted by atomic mass is 35.5. The summed E-state index contributed by atoms with van der Waals surface area (Å²) < 4.78 is 16.1. The number of hydrogen-bond donors (Lipinski definition) is 0. The molecule has 0 N–H and O–H groups in total. The minimum atomic E-state index is -0.646. The lowest BCUT2D eigenvalue weighted by Gasteiger charge is -2.14. The fourth-order valence-corrected chi connectivity index (χ4v) is 4.33. The average Bonchev–Trinajstić information content (AvgIpc) is 2.90. The minimum Gasteiger partial charge on any atom is -0.497 e. The molecule has 0 saturated carbocycles. The molecule has 9 nitrogen and oxygen atoms in total. The lowest BCUT2D eigenvalue weighted by atomic mass is 10.0. The van der Waals surface area contributed by atoms with Gasteiger partial charge in [0.15, 0.2) is 0 Å². The number of hydrogen-bond acceptors (Lipinski definition) is 7. The van der Waals surface area contributed by atoms with E-state index in [4.69, 9.17) is 37.4 Å². The molecular weight excluding hydrogens is 523 g/mol. The Hall–Kier alpha value is -4.34. The van der Waals surface area contributed by atoms with Crippen molar-refractivity contribution >= 4 is 34.6 Å². The predicted molar refractivity (Wildman–Crippen MR) is 140 cm³/mol. The highest BCUT2D eigenvalue weighted by molar-refractivity contribution is 6.34.